The van der Waals surface area contributed by atoms with Crippen molar-refractivity contribution in [2.24, 2.45) is 0 Å². The average Bonchev–Trinajstić information content (AvgIpc) is 3.05. The molecule has 1 N–H and O–H groups in total. The Morgan fingerprint density at radius 1 is 1.15 bits per heavy atom. The van der Waals surface area contributed by atoms with E-state index in [1.165, 1.54) is 0 Å². The number of methoxy groups -OCH3 is 1. The zero-order valence-electron chi connectivity index (χ0n) is 15.8. The second-order valence-corrected chi connectivity index (χ2v) is 7.22. The van der Waals surface area contributed by atoms with E-state index in [1.54, 1.807) is 23.4 Å². The number of aromatic nitrogens is 4. The summed E-state index contributed by atoms with van der Waals surface area (Å²) in [7, 11) is 1.64. The molecule has 0 fully saturated rings. The third-order valence-electron chi connectivity index (χ3n) is 4.44. The number of aromatic amines is 1. The molecule has 0 saturated heterocycles. The maximum Gasteiger partial charge on any atom is 0.330 e. The molecule has 0 bridgehead atoms. The van der Waals surface area contributed by atoms with Crippen LogP contribution in [0.4, 0.5) is 0 Å². The molecule has 1 aromatic carbocycles. The van der Waals surface area contributed by atoms with Crippen molar-refractivity contribution >= 4 is 22.9 Å². The summed E-state index contributed by atoms with van der Waals surface area (Å²) in [5.41, 5.74) is 0.178. The fourth-order valence-corrected chi connectivity index (χ4v) is 3.86. The highest BCUT2D eigenvalue weighted by molar-refractivity contribution is 7.98. The van der Waals surface area contributed by atoms with Gasteiger partial charge in [-0.3, -0.25) is 14.3 Å². The lowest BCUT2D eigenvalue weighted by molar-refractivity contribution is 0.414. The molecule has 144 valence electrons. The van der Waals surface area contributed by atoms with Crippen LogP contribution in [0.15, 0.2) is 38.8 Å². The van der Waals surface area contributed by atoms with E-state index >= 15 is 0 Å². The second-order valence-electron chi connectivity index (χ2n) is 6.17. The van der Waals surface area contributed by atoms with Gasteiger partial charge in [0.15, 0.2) is 11.2 Å². The maximum absolute atomic E-state index is 12.4. The monoisotopic (exact) mass is 388 g/mol. The van der Waals surface area contributed by atoms with E-state index in [0.717, 1.165) is 29.3 Å². The van der Waals surface area contributed by atoms with Crippen molar-refractivity contribution in [3.8, 4) is 5.75 Å². The van der Waals surface area contributed by atoms with Crippen LogP contribution in [0, 0.1) is 0 Å². The number of ether oxygens (including phenoxy) is 1. The number of hydrogen-bond acceptors (Lipinski definition) is 5. The fraction of sp³-hybridized carbons (Fsp3) is 0.421. The van der Waals surface area contributed by atoms with Gasteiger partial charge in [0.2, 0.25) is 0 Å². The third-order valence-corrected chi connectivity index (χ3v) is 5.45. The summed E-state index contributed by atoms with van der Waals surface area (Å²) in [6.07, 6.45) is 1.82. The molecule has 2 heterocycles. The van der Waals surface area contributed by atoms with Crippen molar-refractivity contribution in [2.75, 3.05) is 7.11 Å². The number of unbranched alkanes of at least 4 members (excludes halogenated alkanes) is 1. The molecule has 27 heavy (non-hydrogen) atoms. The van der Waals surface area contributed by atoms with E-state index in [9.17, 15) is 9.59 Å². The Balaban J connectivity index is 1.98. The molecule has 0 aliphatic heterocycles. The number of aryl methyl sites for hydroxylation is 2. The van der Waals surface area contributed by atoms with E-state index in [-0.39, 0.29) is 5.56 Å². The van der Waals surface area contributed by atoms with E-state index < -0.39 is 5.69 Å². The molecule has 8 heteroatoms. The topological polar surface area (TPSA) is 81.9 Å². The van der Waals surface area contributed by atoms with Gasteiger partial charge in [-0.25, -0.2) is 9.78 Å². The molecule has 3 aromatic rings. The van der Waals surface area contributed by atoms with Crippen LogP contribution in [0.3, 0.4) is 0 Å². The minimum absolute atomic E-state index is 0.377. The molecule has 2 aromatic heterocycles. The zero-order chi connectivity index (χ0) is 19.4. The summed E-state index contributed by atoms with van der Waals surface area (Å²) >= 11 is 1.63. The van der Waals surface area contributed by atoms with Gasteiger partial charge >= 0.3 is 5.69 Å². The van der Waals surface area contributed by atoms with Crippen molar-refractivity contribution in [1.82, 2.24) is 19.1 Å². The van der Waals surface area contributed by atoms with Crippen molar-refractivity contribution in [3.63, 3.8) is 0 Å². The molecule has 7 nitrogen and oxygen atoms in total. The Morgan fingerprint density at radius 3 is 2.52 bits per heavy atom. The van der Waals surface area contributed by atoms with Crippen molar-refractivity contribution < 1.29 is 4.74 Å². The van der Waals surface area contributed by atoms with Gasteiger partial charge in [0.25, 0.3) is 5.56 Å². The van der Waals surface area contributed by atoms with Gasteiger partial charge in [0.05, 0.1) is 12.9 Å². The van der Waals surface area contributed by atoms with E-state index in [4.69, 9.17) is 4.74 Å². The molecule has 0 unspecified atom stereocenters. The first kappa shape index (κ1) is 19.3. The number of H-pyrrole nitrogens is 1. The molecule has 0 spiro atoms. The smallest absolute Gasteiger partial charge is 0.330 e. The Hall–Kier alpha value is -2.48. The summed E-state index contributed by atoms with van der Waals surface area (Å²) < 4.78 is 8.65. The Kier molecular flexibility index (Phi) is 6.05. The largest absolute Gasteiger partial charge is 0.497 e. The number of nitrogens with zero attached hydrogens (tertiary/aromatic N) is 3. The molecule has 0 atom stereocenters. The van der Waals surface area contributed by atoms with Crippen LogP contribution in [0.2, 0.25) is 0 Å². The van der Waals surface area contributed by atoms with Gasteiger partial charge in [-0.15, -0.1) is 11.8 Å². The SMILES string of the molecule is CCCCn1c(=O)[nH]c(=O)c2c1nc(CSc1ccc(OC)cc1)n2CC. The number of fused-ring (bicyclic) bond motifs is 1. The van der Waals surface area contributed by atoms with Gasteiger partial charge in [-0.2, -0.15) is 0 Å². The molecule has 0 amide bonds. The first-order valence-electron chi connectivity index (χ1n) is 9.08. The standard InChI is InChI=1S/C19H24N4O3S/c1-4-6-11-23-17-16(18(24)21-19(23)25)22(5-2)15(20-17)12-27-14-9-7-13(26-3)8-10-14/h7-10H,4-6,11-12H2,1-3H3,(H,21,24,25). The van der Waals surface area contributed by atoms with Gasteiger partial charge in [0.1, 0.15) is 11.6 Å². The Morgan fingerprint density at radius 2 is 1.89 bits per heavy atom. The Bertz CT molecular complexity index is 1030. The summed E-state index contributed by atoms with van der Waals surface area (Å²) in [5.74, 6) is 2.21. The molecule has 0 saturated carbocycles. The van der Waals surface area contributed by atoms with E-state index in [1.807, 2.05) is 35.8 Å². The molecule has 3 rings (SSSR count). The first-order chi connectivity index (χ1) is 13.1. The number of nitrogens with one attached hydrogen (secondary N) is 1. The number of hydrogen-bond donors (Lipinski definition) is 1. The van der Waals surface area contributed by atoms with Crippen LogP contribution in [-0.4, -0.2) is 26.2 Å². The molecule has 0 aliphatic carbocycles. The highest BCUT2D eigenvalue weighted by Gasteiger charge is 2.17. The van der Waals surface area contributed by atoms with Crippen molar-refractivity contribution in [1.29, 1.82) is 0 Å². The Labute approximate surface area is 161 Å². The summed E-state index contributed by atoms with van der Waals surface area (Å²) in [6.45, 7) is 5.21. The predicted octanol–water partition coefficient (Wildman–Crippen LogP) is 3.01. The minimum atomic E-state index is -0.393. The predicted molar refractivity (Wildman–Crippen MR) is 108 cm³/mol. The van der Waals surface area contributed by atoms with Crippen molar-refractivity contribution in [3.05, 3.63) is 50.9 Å². The van der Waals surface area contributed by atoms with Crippen LogP contribution in [0.5, 0.6) is 5.75 Å². The van der Waals surface area contributed by atoms with E-state index in [0.29, 0.717) is 30.0 Å². The van der Waals surface area contributed by atoms with Gasteiger partial charge in [0, 0.05) is 18.0 Å². The number of rotatable bonds is 8. The van der Waals surface area contributed by atoms with Crippen molar-refractivity contribution in [2.45, 2.75) is 50.4 Å². The quantitative estimate of drug-likeness (QED) is 0.600. The lowest BCUT2D eigenvalue weighted by atomic mass is 10.3. The molecular weight excluding hydrogens is 364 g/mol. The maximum atomic E-state index is 12.4. The van der Waals surface area contributed by atoms with Crippen LogP contribution >= 0.6 is 11.8 Å². The summed E-state index contributed by atoms with van der Waals surface area (Å²) in [4.78, 5) is 32.9. The second kappa shape index (κ2) is 8.47. The summed E-state index contributed by atoms with van der Waals surface area (Å²) in [6, 6.07) is 7.81. The number of imidazole rings is 1. The lowest BCUT2D eigenvalue weighted by Gasteiger charge is -2.07. The van der Waals surface area contributed by atoms with Crippen LogP contribution in [-0.2, 0) is 18.8 Å². The lowest BCUT2D eigenvalue weighted by Crippen LogP contribution is -2.31. The number of benzene rings is 1. The normalized spacial score (nSPS) is 11.2. The van der Waals surface area contributed by atoms with Gasteiger partial charge < -0.3 is 9.30 Å². The van der Waals surface area contributed by atoms with Crippen LogP contribution in [0.25, 0.3) is 11.2 Å². The summed E-state index contributed by atoms with van der Waals surface area (Å²) in [5, 5.41) is 0. The van der Waals surface area contributed by atoms with Gasteiger partial charge in [-0.1, -0.05) is 13.3 Å². The van der Waals surface area contributed by atoms with Crippen LogP contribution in [0.1, 0.15) is 32.5 Å². The molecule has 0 aliphatic rings. The zero-order valence-corrected chi connectivity index (χ0v) is 16.6. The first-order valence-corrected chi connectivity index (χ1v) is 10.1. The highest BCUT2D eigenvalue weighted by Crippen LogP contribution is 2.25. The van der Waals surface area contributed by atoms with E-state index in [2.05, 4.69) is 16.9 Å². The minimum Gasteiger partial charge on any atom is -0.497 e. The highest BCUT2D eigenvalue weighted by atomic mass is 32.2. The van der Waals surface area contributed by atoms with Crippen LogP contribution < -0.4 is 16.0 Å². The average molecular weight is 388 g/mol. The number of thioether (sulfide) groups is 1. The fourth-order valence-electron chi connectivity index (χ4n) is 3.01. The third kappa shape index (κ3) is 3.95. The molecule has 0 radical (unpaired) electrons. The van der Waals surface area contributed by atoms with Gasteiger partial charge in [-0.05, 0) is 37.6 Å². The molecular formula is C19H24N4O3S.